The molecule has 1 N–H and O–H groups in total. The van der Waals surface area contributed by atoms with Gasteiger partial charge in [-0.15, -0.1) is 0 Å². The summed E-state index contributed by atoms with van der Waals surface area (Å²) < 4.78 is 0. The van der Waals surface area contributed by atoms with Gasteiger partial charge < -0.3 is 10.2 Å². The molecular weight excluding hydrogens is 174 g/mol. The molecule has 0 aromatic heterocycles. The number of hydrogen-bond acceptors (Lipinski definition) is 3. The first-order chi connectivity index (χ1) is 6.39. The van der Waals surface area contributed by atoms with Gasteiger partial charge in [0.05, 0.1) is 0 Å². The molecule has 0 aromatic carbocycles. The molecule has 1 unspecified atom stereocenters. The fraction of sp³-hybridized carbons (Fsp3) is 1.00. The van der Waals surface area contributed by atoms with Crippen LogP contribution in [-0.4, -0.2) is 61.7 Å². The number of piperazine rings is 1. The molecule has 1 aliphatic heterocycles. The van der Waals surface area contributed by atoms with Crippen molar-refractivity contribution in [2.24, 2.45) is 0 Å². The van der Waals surface area contributed by atoms with Gasteiger partial charge in [-0.05, 0) is 34.9 Å². The highest BCUT2D eigenvalue weighted by atomic mass is 15.2. The van der Waals surface area contributed by atoms with Crippen LogP contribution in [0.3, 0.4) is 0 Å². The first-order valence-electron chi connectivity index (χ1n) is 5.53. The van der Waals surface area contributed by atoms with E-state index in [0.717, 1.165) is 13.1 Å². The lowest BCUT2D eigenvalue weighted by molar-refractivity contribution is 0.130. The molecule has 3 nitrogen and oxygen atoms in total. The van der Waals surface area contributed by atoms with E-state index < -0.39 is 0 Å². The largest absolute Gasteiger partial charge is 0.310 e. The summed E-state index contributed by atoms with van der Waals surface area (Å²) in [7, 11) is 4.40. The maximum absolute atomic E-state index is 3.57. The lowest BCUT2D eigenvalue weighted by Gasteiger charge is -2.38. The van der Waals surface area contributed by atoms with Gasteiger partial charge >= 0.3 is 0 Å². The Kier molecular flexibility index (Phi) is 3.93. The van der Waals surface area contributed by atoms with Gasteiger partial charge in [-0.1, -0.05) is 0 Å². The molecule has 1 saturated heterocycles. The average Bonchev–Trinajstić information content (AvgIpc) is 2.02. The molecule has 1 fully saturated rings. The lowest BCUT2D eigenvalue weighted by atomic mass is 10.1. The van der Waals surface area contributed by atoms with E-state index in [4.69, 9.17) is 0 Å². The first-order valence-corrected chi connectivity index (χ1v) is 5.53. The van der Waals surface area contributed by atoms with Crippen LogP contribution in [0.25, 0.3) is 0 Å². The maximum Gasteiger partial charge on any atom is 0.0323 e. The molecular formula is C11H25N3. The highest BCUT2D eigenvalue weighted by Gasteiger charge is 2.23. The molecule has 0 radical (unpaired) electrons. The van der Waals surface area contributed by atoms with Crippen LogP contribution in [0.5, 0.6) is 0 Å². The third kappa shape index (κ3) is 3.56. The van der Waals surface area contributed by atoms with Gasteiger partial charge in [-0.25, -0.2) is 0 Å². The zero-order valence-corrected chi connectivity index (χ0v) is 10.3. The second-order valence-electron chi connectivity index (χ2n) is 5.46. The fourth-order valence-corrected chi connectivity index (χ4v) is 1.72. The highest BCUT2D eigenvalue weighted by Crippen LogP contribution is 2.11. The number of nitrogens with zero attached hydrogens (tertiary/aromatic N) is 2. The highest BCUT2D eigenvalue weighted by molar-refractivity contribution is 4.83. The van der Waals surface area contributed by atoms with E-state index in [0.29, 0.717) is 6.04 Å². The van der Waals surface area contributed by atoms with Crippen LogP contribution in [0.1, 0.15) is 20.8 Å². The second kappa shape index (κ2) is 4.60. The summed E-state index contributed by atoms with van der Waals surface area (Å²) in [6.07, 6.45) is 0. The summed E-state index contributed by atoms with van der Waals surface area (Å²) in [4.78, 5) is 4.82. The third-order valence-electron chi connectivity index (χ3n) is 3.10. The quantitative estimate of drug-likeness (QED) is 0.703. The smallest absolute Gasteiger partial charge is 0.0323 e. The molecule has 1 aliphatic rings. The summed E-state index contributed by atoms with van der Waals surface area (Å²) in [5.41, 5.74) is 0.275. The minimum Gasteiger partial charge on any atom is -0.310 e. The summed E-state index contributed by atoms with van der Waals surface area (Å²) in [5, 5.41) is 3.57. The van der Waals surface area contributed by atoms with Gasteiger partial charge in [0.25, 0.3) is 0 Å². The van der Waals surface area contributed by atoms with Crippen molar-refractivity contribution >= 4 is 0 Å². The van der Waals surface area contributed by atoms with E-state index in [1.807, 2.05) is 0 Å². The number of nitrogens with one attached hydrogen (secondary N) is 1. The van der Waals surface area contributed by atoms with Crippen LogP contribution in [0.15, 0.2) is 0 Å². The van der Waals surface area contributed by atoms with Crippen LogP contribution in [0.4, 0.5) is 0 Å². The third-order valence-corrected chi connectivity index (χ3v) is 3.10. The van der Waals surface area contributed by atoms with Crippen molar-refractivity contribution < 1.29 is 0 Å². The Morgan fingerprint density at radius 3 is 2.57 bits per heavy atom. The van der Waals surface area contributed by atoms with Crippen LogP contribution in [0, 0.1) is 0 Å². The molecule has 1 rings (SSSR count). The maximum atomic E-state index is 3.57. The van der Waals surface area contributed by atoms with Gasteiger partial charge in [0.15, 0.2) is 0 Å². The van der Waals surface area contributed by atoms with E-state index in [1.165, 1.54) is 13.1 Å². The topological polar surface area (TPSA) is 18.5 Å². The van der Waals surface area contributed by atoms with Crippen LogP contribution in [0.2, 0.25) is 0 Å². The van der Waals surface area contributed by atoms with Crippen molar-refractivity contribution in [3.8, 4) is 0 Å². The Morgan fingerprint density at radius 1 is 1.43 bits per heavy atom. The van der Waals surface area contributed by atoms with Crippen molar-refractivity contribution in [3.63, 3.8) is 0 Å². The molecule has 1 atom stereocenters. The summed E-state index contributed by atoms with van der Waals surface area (Å²) in [6, 6.07) is 0.623. The number of rotatable bonds is 2. The van der Waals surface area contributed by atoms with Gasteiger partial charge in [-0.2, -0.15) is 0 Å². The normalized spacial score (nSPS) is 25.7. The molecule has 14 heavy (non-hydrogen) atoms. The zero-order valence-electron chi connectivity index (χ0n) is 10.3. The van der Waals surface area contributed by atoms with Gasteiger partial charge in [-0.3, -0.25) is 4.90 Å². The van der Waals surface area contributed by atoms with Gasteiger partial charge in [0, 0.05) is 37.8 Å². The predicted molar refractivity (Wildman–Crippen MR) is 61.7 cm³/mol. The molecule has 0 aromatic rings. The molecule has 0 amide bonds. The lowest BCUT2D eigenvalue weighted by Crippen LogP contribution is -2.55. The predicted octanol–water partition coefficient (Wildman–Crippen LogP) is 0.620. The molecule has 0 aliphatic carbocycles. The first kappa shape index (κ1) is 12.0. The van der Waals surface area contributed by atoms with Crippen molar-refractivity contribution in [2.75, 3.05) is 40.3 Å². The summed E-state index contributed by atoms with van der Waals surface area (Å²) in [5.74, 6) is 0. The number of hydrogen-bond donors (Lipinski definition) is 1. The molecule has 84 valence electrons. The van der Waals surface area contributed by atoms with Crippen LogP contribution >= 0.6 is 0 Å². The molecule has 0 spiro atoms. The summed E-state index contributed by atoms with van der Waals surface area (Å²) in [6.45, 7) is 11.4. The molecule has 0 bridgehead atoms. The summed E-state index contributed by atoms with van der Waals surface area (Å²) >= 11 is 0. The van der Waals surface area contributed by atoms with Crippen molar-refractivity contribution in [1.29, 1.82) is 0 Å². The average molecular weight is 199 g/mol. The van der Waals surface area contributed by atoms with Gasteiger partial charge in [0.2, 0.25) is 0 Å². The van der Waals surface area contributed by atoms with Crippen molar-refractivity contribution in [2.45, 2.75) is 32.4 Å². The Labute approximate surface area is 88.5 Å². The standard InChI is InChI=1S/C11H25N3/c1-11(2,3)14(5)9-10-8-13(4)7-6-12-10/h10,12H,6-9H2,1-5H3. The Hall–Kier alpha value is -0.120. The fourth-order valence-electron chi connectivity index (χ4n) is 1.72. The Balaban J connectivity index is 2.36. The minimum absolute atomic E-state index is 0.275. The SMILES string of the molecule is CN1CCNC(CN(C)C(C)(C)C)C1. The zero-order chi connectivity index (χ0) is 10.8. The second-order valence-corrected chi connectivity index (χ2v) is 5.46. The Bertz CT molecular complexity index is 174. The van der Waals surface area contributed by atoms with E-state index in [1.54, 1.807) is 0 Å². The van der Waals surface area contributed by atoms with Crippen LogP contribution < -0.4 is 5.32 Å². The number of likely N-dealkylation sites (N-methyl/N-ethyl adjacent to an activating group) is 2. The minimum atomic E-state index is 0.275. The molecule has 1 heterocycles. The van der Waals surface area contributed by atoms with E-state index >= 15 is 0 Å². The monoisotopic (exact) mass is 199 g/mol. The molecule has 0 saturated carbocycles. The van der Waals surface area contributed by atoms with E-state index in [-0.39, 0.29) is 5.54 Å². The van der Waals surface area contributed by atoms with E-state index in [9.17, 15) is 0 Å². The van der Waals surface area contributed by atoms with Crippen molar-refractivity contribution in [1.82, 2.24) is 15.1 Å². The molecule has 3 heteroatoms. The van der Waals surface area contributed by atoms with E-state index in [2.05, 4.69) is 50.0 Å². The van der Waals surface area contributed by atoms with Gasteiger partial charge in [0.1, 0.15) is 0 Å². The van der Waals surface area contributed by atoms with Crippen LogP contribution in [-0.2, 0) is 0 Å². The Morgan fingerprint density at radius 2 is 2.07 bits per heavy atom. The van der Waals surface area contributed by atoms with Crippen molar-refractivity contribution in [3.05, 3.63) is 0 Å².